The molecule has 2 atom stereocenters. The zero-order chi connectivity index (χ0) is 24.1. The van der Waals surface area contributed by atoms with E-state index in [1.165, 1.54) is 21.9 Å². The van der Waals surface area contributed by atoms with E-state index in [0.717, 1.165) is 0 Å². The van der Waals surface area contributed by atoms with Crippen LogP contribution in [0, 0.1) is 13.8 Å². The quantitative estimate of drug-likeness (QED) is 0.323. The van der Waals surface area contributed by atoms with Gasteiger partial charge in [-0.15, -0.1) is 0 Å². The number of aryl methyl sites for hydroxylation is 2. The molecule has 0 aromatic heterocycles. The lowest BCUT2D eigenvalue weighted by molar-refractivity contribution is 1.54. The van der Waals surface area contributed by atoms with Crippen LogP contribution < -0.4 is 31.1 Å². The number of hydrogen-bond acceptors (Lipinski definition) is 0. The van der Waals surface area contributed by atoms with Crippen molar-refractivity contribution in [1.82, 2.24) is 0 Å². The maximum Gasteiger partial charge on any atom is 0.156 e. The van der Waals surface area contributed by atoms with Crippen molar-refractivity contribution < 1.29 is 0 Å². The zero-order valence-corrected chi connectivity index (χ0v) is 22.5. The Hall–Kier alpha value is -3.73. The van der Waals surface area contributed by atoms with Gasteiger partial charge in [0, 0.05) is 0 Å². The Labute approximate surface area is 213 Å². The summed E-state index contributed by atoms with van der Waals surface area (Å²) in [5.74, 6) is 0. The van der Waals surface area contributed by atoms with Crippen LogP contribution in [0.4, 0.5) is 0 Å². The van der Waals surface area contributed by atoms with Crippen LogP contribution >= 0.6 is 0 Å². The van der Waals surface area contributed by atoms with E-state index in [1.807, 2.05) is 0 Å². The Kier molecular flexibility index (Phi) is 3.94. The Bertz CT molecular complexity index is 1720. The van der Waals surface area contributed by atoms with E-state index in [1.54, 1.807) is 41.9 Å². The summed E-state index contributed by atoms with van der Waals surface area (Å²) in [5, 5.41) is 15.6. The van der Waals surface area contributed by atoms with E-state index in [9.17, 15) is 0 Å². The molecule has 2 heteroatoms. The van der Waals surface area contributed by atoms with Crippen LogP contribution in [0.3, 0.4) is 0 Å². The van der Waals surface area contributed by atoms with Crippen LogP contribution in [-0.2, 0) is 0 Å². The van der Waals surface area contributed by atoms with Crippen molar-refractivity contribution in [3.8, 4) is 0 Å². The average Bonchev–Trinajstić information content (AvgIpc) is 3.37. The third-order valence-electron chi connectivity index (χ3n) is 9.04. The molecule has 170 valence electrons. The van der Waals surface area contributed by atoms with Crippen LogP contribution in [0.25, 0.3) is 21.5 Å². The first-order chi connectivity index (χ1) is 17.7. The fourth-order valence-electron chi connectivity index (χ4n) is 8.02. The van der Waals surface area contributed by atoms with Gasteiger partial charge < -0.3 is 0 Å². The number of hydrogen-bond donors (Lipinski definition) is 0. The minimum absolute atomic E-state index is 1.40. The molecule has 8 rings (SSSR count). The molecule has 36 heavy (non-hydrogen) atoms. The topological polar surface area (TPSA) is 0 Å². The van der Waals surface area contributed by atoms with Gasteiger partial charge >= 0.3 is 0 Å². The minimum Gasteiger partial charge on any atom is -0.0624 e. The first-order valence-corrected chi connectivity index (χ1v) is 17.9. The predicted molar refractivity (Wildman–Crippen MR) is 160 cm³/mol. The van der Waals surface area contributed by atoms with Crippen molar-refractivity contribution in [2.45, 2.75) is 13.8 Å². The highest BCUT2D eigenvalue weighted by Gasteiger charge is 2.70. The molecule has 0 aliphatic carbocycles. The molecule has 0 radical (unpaired) electrons. The Balaban J connectivity index is 1.76. The number of benzene rings is 6. The summed E-state index contributed by atoms with van der Waals surface area (Å²) in [6.07, 6.45) is 0. The monoisotopic (exact) mass is 490 g/mol. The average molecular weight is 491 g/mol. The lowest BCUT2D eigenvalue weighted by atomic mass is 10.1. The SMILES string of the molecule is Cc1ccc2cccc3c2c1[Si]1(c2ccccc2)c2cccc4ccc(C)c(c24)[Si]31c1ccccc1. The Morgan fingerprint density at radius 1 is 0.389 bits per heavy atom. The van der Waals surface area contributed by atoms with Crippen molar-refractivity contribution in [3.05, 3.63) is 132 Å². The molecule has 0 N–H and O–H groups in total. The second-order valence-corrected chi connectivity index (χ2v) is 21.3. The van der Waals surface area contributed by atoms with Gasteiger partial charge in [-0.3, -0.25) is 0 Å². The number of rotatable bonds is 2. The first-order valence-electron chi connectivity index (χ1n) is 12.9. The van der Waals surface area contributed by atoms with Crippen molar-refractivity contribution >= 4 is 67.8 Å². The summed E-state index contributed by atoms with van der Waals surface area (Å²) in [6.45, 7) is 4.74. The maximum atomic E-state index is 2.51. The van der Waals surface area contributed by atoms with Gasteiger partial charge in [-0.25, -0.2) is 0 Å². The van der Waals surface area contributed by atoms with Crippen LogP contribution in [0.2, 0.25) is 0 Å². The summed E-state index contributed by atoms with van der Waals surface area (Å²) >= 11 is 0. The van der Waals surface area contributed by atoms with Gasteiger partial charge in [0.15, 0.2) is 15.2 Å². The van der Waals surface area contributed by atoms with E-state index in [4.69, 9.17) is 0 Å². The fourth-order valence-corrected chi connectivity index (χ4v) is 29.9. The third kappa shape index (κ3) is 2.10. The summed E-state index contributed by atoms with van der Waals surface area (Å²) < 4.78 is 0. The molecule has 0 saturated heterocycles. The Morgan fingerprint density at radius 2 is 0.806 bits per heavy atom. The molecule has 2 heterocycles. The molecule has 2 aliphatic rings. The Morgan fingerprint density at radius 3 is 1.22 bits per heavy atom. The molecule has 0 nitrogen and oxygen atoms in total. The molecule has 6 aromatic rings. The first kappa shape index (κ1) is 20.5. The predicted octanol–water partition coefficient (Wildman–Crippen LogP) is 3.96. The third-order valence-corrected chi connectivity index (χ3v) is 26.0. The largest absolute Gasteiger partial charge is 0.156 e. The highest BCUT2D eigenvalue weighted by atomic mass is 29.3. The van der Waals surface area contributed by atoms with E-state index < -0.39 is 15.2 Å². The van der Waals surface area contributed by atoms with Crippen LogP contribution in [0.1, 0.15) is 11.1 Å². The molecule has 6 aromatic carbocycles. The minimum atomic E-state index is -2.51. The summed E-state index contributed by atoms with van der Waals surface area (Å²) in [7, 11) is -5.02. The highest BCUT2D eigenvalue weighted by Crippen LogP contribution is 2.39. The standard InChI is InChI=1S/C34H26Si2/c1-23-19-21-25-11-9-17-29-31(25)33(23)35(27-13-5-3-6-14-27)30-18-10-12-26-22-20-24(2)34(32(26)30)36(29,35)28-15-7-4-8-16-28/h3-22H,1-2H3. The van der Waals surface area contributed by atoms with Crippen molar-refractivity contribution in [1.29, 1.82) is 0 Å². The summed E-state index contributed by atoms with van der Waals surface area (Å²) in [4.78, 5) is 0. The van der Waals surface area contributed by atoms with E-state index >= 15 is 0 Å². The second-order valence-electron chi connectivity index (χ2n) is 10.6. The van der Waals surface area contributed by atoms with E-state index in [2.05, 4.69) is 135 Å². The van der Waals surface area contributed by atoms with Crippen LogP contribution in [-0.4, -0.2) is 15.2 Å². The molecule has 2 aliphatic heterocycles. The fraction of sp³-hybridized carbons (Fsp3) is 0.0588. The summed E-state index contributed by atoms with van der Waals surface area (Å²) in [5.41, 5.74) is 2.91. The molecule has 0 amide bonds. The second kappa shape index (κ2) is 6.94. The molecule has 0 fully saturated rings. The van der Waals surface area contributed by atoms with Crippen molar-refractivity contribution in [2.24, 2.45) is 0 Å². The van der Waals surface area contributed by atoms with Crippen molar-refractivity contribution in [3.63, 3.8) is 0 Å². The molecular formula is C34H26Si2. The lowest BCUT2D eigenvalue weighted by Crippen LogP contribution is -2.88. The normalized spacial score (nSPS) is 21.3. The molecule has 0 spiro atoms. The highest BCUT2D eigenvalue weighted by molar-refractivity contribution is 7.71. The van der Waals surface area contributed by atoms with Crippen molar-refractivity contribution in [2.75, 3.05) is 0 Å². The zero-order valence-electron chi connectivity index (χ0n) is 20.5. The van der Waals surface area contributed by atoms with Gasteiger partial charge in [-0.2, -0.15) is 0 Å². The van der Waals surface area contributed by atoms with Gasteiger partial charge in [0.25, 0.3) is 0 Å². The van der Waals surface area contributed by atoms with E-state index in [0.29, 0.717) is 0 Å². The van der Waals surface area contributed by atoms with E-state index in [-0.39, 0.29) is 0 Å². The van der Waals surface area contributed by atoms with Gasteiger partial charge in [-0.1, -0.05) is 143 Å². The molecule has 0 bridgehead atoms. The van der Waals surface area contributed by atoms with Crippen LogP contribution in [0.5, 0.6) is 0 Å². The summed E-state index contributed by atoms with van der Waals surface area (Å²) in [6, 6.07) is 47.1. The molecular weight excluding hydrogens is 465 g/mol. The molecule has 0 saturated carbocycles. The van der Waals surface area contributed by atoms with Crippen LogP contribution in [0.15, 0.2) is 121 Å². The van der Waals surface area contributed by atoms with Gasteiger partial charge in [0.05, 0.1) is 0 Å². The maximum absolute atomic E-state index is 2.51. The van der Waals surface area contributed by atoms with Gasteiger partial charge in [0.2, 0.25) is 0 Å². The van der Waals surface area contributed by atoms with Gasteiger partial charge in [-0.05, 0) is 56.1 Å². The smallest absolute Gasteiger partial charge is 0.0624 e. The molecule has 2 unspecified atom stereocenters. The van der Waals surface area contributed by atoms with Gasteiger partial charge in [0.1, 0.15) is 0 Å². The lowest BCUT2D eigenvalue weighted by Gasteiger charge is -2.42. The number of fused-ring (bicyclic) bond motifs is 5.